The Hall–Kier alpha value is -1.90. The molecule has 108 valence electrons. The molecule has 0 aliphatic heterocycles. The van der Waals surface area contributed by atoms with Crippen LogP contribution in [-0.2, 0) is 14.3 Å². The molecule has 0 aromatic heterocycles. The zero-order valence-electron chi connectivity index (χ0n) is 12.2. The minimum Gasteiger partial charge on any atom is -0.458 e. The van der Waals surface area contributed by atoms with Gasteiger partial charge in [0.1, 0.15) is 11.9 Å². The van der Waals surface area contributed by atoms with E-state index in [4.69, 9.17) is 4.74 Å². The number of hydrogen-bond acceptors (Lipinski definition) is 3. The van der Waals surface area contributed by atoms with Crippen molar-refractivity contribution in [3.8, 4) is 0 Å². The Kier molecular flexibility index (Phi) is 6.71. The third-order valence-corrected chi connectivity index (χ3v) is 3.14. The van der Waals surface area contributed by atoms with Crippen LogP contribution in [0.25, 0.3) is 0 Å². The van der Waals surface area contributed by atoms with Gasteiger partial charge in [-0.3, -0.25) is 9.59 Å². The van der Waals surface area contributed by atoms with Crippen molar-refractivity contribution in [1.29, 1.82) is 0 Å². The van der Waals surface area contributed by atoms with Gasteiger partial charge in [0, 0.05) is 12.8 Å². The molecule has 0 heterocycles. The van der Waals surface area contributed by atoms with Crippen molar-refractivity contribution >= 4 is 11.8 Å². The van der Waals surface area contributed by atoms with E-state index in [0.717, 1.165) is 5.56 Å². The van der Waals surface area contributed by atoms with E-state index in [-0.39, 0.29) is 23.8 Å². The van der Waals surface area contributed by atoms with E-state index in [1.165, 1.54) is 0 Å². The van der Waals surface area contributed by atoms with Crippen LogP contribution in [0.2, 0.25) is 0 Å². The topological polar surface area (TPSA) is 43.4 Å². The van der Waals surface area contributed by atoms with Crippen LogP contribution in [-0.4, -0.2) is 11.8 Å². The molecule has 0 bridgehead atoms. The second-order valence-electron chi connectivity index (χ2n) is 4.88. The Bertz CT molecular complexity index is 451. The first-order valence-corrected chi connectivity index (χ1v) is 6.92. The van der Waals surface area contributed by atoms with Crippen molar-refractivity contribution in [1.82, 2.24) is 0 Å². The summed E-state index contributed by atoms with van der Waals surface area (Å²) in [5.74, 6) is -0.305. The largest absolute Gasteiger partial charge is 0.458 e. The Morgan fingerprint density at radius 2 is 2.00 bits per heavy atom. The summed E-state index contributed by atoms with van der Waals surface area (Å²) >= 11 is 0. The minimum atomic E-state index is -0.251. The Labute approximate surface area is 120 Å². The number of Topliss-reactive ketones (excluding diaryl/α,β-unsaturated/α-hetero) is 1. The molecule has 1 fully saturated rings. The van der Waals surface area contributed by atoms with Gasteiger partial charge in [-0.1, -0.05) is 36.4 Å². The highest BCUT2D eigenvalue weighted by Crippen LogP contribution is 2.26. The molecule has 3 nitrogen and oxygen atoms in total. The maximum atomic E-state index is 11.8. The molecule has 1 aromatic carbocycles. The molecule has 0 N–H and O–H groups in total. The molecule has 0 unspecified atom stereocenters. The number of hydrogen-bond donors (Lipinski definition) is 0. The molecule has 0 spiro atoms. The van der Waals surface area contributed by atoms with E-state index in [0.29, 0.717) is 19.3 Å². The molecule has 1 aliphatic rings. The number of esters is 1. The van der Waals surface area contributed by atoms with Gasteiger partial charge in [-0.05, 0) is 25.8 Å². The first-order valence-electron chi connectivity index (χ1n) is 6.92. The van der Waals surface area contributed by atoms with E-state index in [1.54, 1.807) is 6.08 Å². The molecule has 0 amide bonds. The number of carbonyl (C=O) groups excluding carboxylic acids is 2. The predicted molar refractivity (Wildman–Crippen MR) is 79.2 cm³/mol. The molecule has 1 aliphatic carbocycles. The molecular formula is C17H22O3. The van der Waals surface area contributed by atoms with Crippen LogP contribution in [0.4, 0.5) is 0 Å². The minimum absolute atomic E-state index is 0.166. The van der Waals surface area contributed by atoms with Gasteiger partial charge in [-0.2, -0.15) is 0 Å². The average Bonchev–Trinajstić information content (AvgIpc) is 2.87. The second-order valence-corrected chi connectivity index (χ2v) is 4.88. The lowest BCUT2D eigenvalue weighted by Crippen LogP contribution is -2.17. The molecule has 2 rings (SSSR count). The molecule has 1 aromatic rings. The van der Waals surface area contributed by atoms with Gasteiger partial charge in [0.2, 0.25) is 0 Å². The standard InChI is InChI=1S/C14H16O3.C3H6/c1-10(11-5-3-2-4-6-11)17-14(16)12-7-8-13(15)9-12;1-3-2/h2-6,10,12H,7-9H2,1H3;3H,1H2,2H3/t10-,12-;/m0./s1. The fourth-order valence-corrected chi connectivity index (χ4v) is 2.08. The maximum absolute atomic E-state index is 11.8. The number of carbonyl (C=O) groups is 2. The summed E-state index contributed by atoms with van der Waals surface area (Å²) in [5.41, 5.74) is 0.977. The average molecular weight is 274 g/mol. The van der Waals surface area contributed by atoms with Gasteiger partial charge >= 0.3 is 5.97 Å². The van der Waals surface area contributed by atoms with Crippen molar-refractivity contribution in [2.24, 2.45) is 5.92 Å². The van der Waals surface area contributed by atoms with Crippen LogP contribution < -0.4 is 0 Å². The summed E-state index contributed by atoms with van der Waals surface area (Å²) in [4.78, 5) is 22.9. The normalized spacial score (nSPS) is 18.7. The molecule has 0 saturated heterocycles. The summed E-state index contributed by atoms with van der Waals surface area (Å²) in [7, 11) is 0. The molecular weight excluding hydrogens is 252 g/mol. The highest BCUT2D eigenvalue weighted by atomic mass is 16.5. The molecule has 20 heavy (non-hydrogen) atoms. The SMILES string of the molecule is C=CC.C[C@H](OC(=O)[C@H]1CCC(=O)C1)c1ccccc1. The summed E-state index contributed by atoms with van der Waals surface area (Å²) in [6.07, 6.45) is 3.00. The van der Waals surface area contributed by atoms with Gasteiger partial charge in [0.25, 0.3) is 0 Å². The summed E-state index contributed by atoms with van der Waals surface area (Å²) in [5, 5.41) is 0. The number of ether oxygens (including phenoxy) is 1. The van der Waals surface area contributed by atoms with E-state index in [1.807, 2.05) is 44.2 Å². The van der Waals surface area contributed by atoms with E-state index in [9.17, 15) is 9.59 Å². The van der Waals surface area contributed by atoms with Crippen LogP contribution in [0.15, 0.2) is 43.0 Å². The number of rotatable bonds is 3. The highest BCUT2D eigenvalue weighted by molar-refractivity contribution is 5.87. The summed E-state index contributed by atoms with van der Waals surface area (Å²) < 4.78 is 5.38. The summed E-state index contributed by atoms with van der Waals surface area (Å²) in [6, 6.07) is 9.61. The monoisotopic (exact) mass is 274 g/mol. The lowest BCUT2D eigenvalue weighted by molar-refractivity contribution is -0.153. The van der Waals surface area contributed by atoms with Crippen molar-refractivity contribution in [3.63, 3.8) is 0 Å². The van der Waals surface area contributed by atoms with Crippen LogP contribution in [0.3, 0.4) is 0 Å². The van der Waals surface area contributed by atoms with Gasteiger partial charge in [0.05, 0.1) is 5.92 Å². The predicted octanol–water partition coefficient (Wildman–Crippen LogP) is 3.85. The lowest BCUT2D eigenvalue weighted by atomic mass is 10.1. The van der Waals surface area contributed by atoms with E-state index >= 15 is 0 Å². The number of benzene rings is 1. The molecule has 0 radical (unpaired) electrons. The lowest BCUT2D eigenvalue weighted by Gasteiger charge is -2.16. The number of allylic oxidation sites excluding steroid dienone is 1. The van der Waals surface area contributed by atoms with Crippen LogP contribution in [0.5, 0.6) is 0 Å². The Balaban J connectivity index is 0.000000612. The zero-order valence-corrected chi connectivity index (χ0v) is 12.2. The van der Waals surface area contributed by atoms with Crippen molar-refractivity contribution in [2.75, 3.05) is 0 Å². The van der Waals surface area contributed by atoms with Gasteiger partial charge in [-0.15, -0.1) is 6.58 Å². The van der Waals surface area contributed by atoms with Crippen LogP contribution in [0.1, 0.15) is 44.8 Å². The zero-order chi connectivity index (χ0) is 15.0. The second kappa shape index (κ2) is 8.31. The molecule has 1 saturated carbocycles. The quantitative estimate of drug-likeness (QED) is 0.621. The first kappa shape index (κ1) is 16.2. The van der Waals surface area contributed by atoms with Crippen molar-refractivity contribution < 1.29 is 14.3 Å². The number of ketones is 1. The van der Waals surface area contributed by atoms with Crippen LogP contribution >= 0.6 is 0 Å². The maximum Gasteiger partial charge on any atom is 0.309 e. The van der Waals surface area contributed by atoms with Gasteiger partial charge in [0.15, 0.2) is 0 Å². The third-order valence-electron chi connectivity index (χ3n) is 3.14. The van der Waals surface area contributed by atoms with Crippen molar-refractivity contribution in [2.45, 2.75) is 39.2 Å². The van der Waals surface area contributed by atoms with Gasteiger partial charge < -0.3 is 4.74 Å². The van der Waals surface area contributed by atoms with Crippen LogP contribution in [0, 0.1) is 5.92 Å². The Morgan fingerprint density at radius 3 is 2.50 bits per heavy atom. The van der Waals surface area contributed by atoms with Crippen molar-refractivity contribution in [3.05, 3.63) is 48.6 Å². The van der Waals surface area contributed by atoms with E-state index < -0.39 is 0 Å². The smallest absolute Gasteiger partial charge is 0.309 e. The van der Waals surface area contributed by atoms with E-state index in [2.05, 4.69) is 6.58 Å². The summed E-state index contributed by atoms with van der Waals surface area (Å²) in [6.45, 7) is 7.10. The first-order chi connectivity index (χ1) is 9.58. The third kappa shape index (κ3) is 5.00. The Morgan fingerprint density at radius 1 is 1.40 bits per heavy atom. The molecule has 2 atom stereocenters. The fourth-order valence-electron chi connectivity index (χ4n) is 2.08. The van der Waals surface area contributed by atoms with Gasteiger partial charge in [-0.25, -0.2) is 0 Å². The highest BCUT2D eigenvalue weighted by Gasteiger charge is 2.30. The fraction of sp³-hybridized carbons (Fsp3) is 0.412. The molecule has 3 heteroatoms.